The molecule has 0 aliphatic heterocycles. The summed E-state index contributed by atoms with van der Waals surface area (Å²) < 4.78 is 0. The normalized spacial score (nSPS) is 12.3. The number of nitrogens with zero attached hydrogens (tertiary/aromatic N) is 1. The highest BCUT2D eigenvalue weighted by Gasteiger charge is 2.04. The largest absolute Gasteiger partial charge is 0.310 e. The number of rotatable bonds is 5. The molecule has 1 aromatic heterocycles. The van der Waals surface area contributed by atoms with Gasteiger partial charge in [-0.1, -0.05) is 35.9 Å². The highest BCUT2D eigenvalue weighted by Crippen LogP contribution is 2.13. The van der Waals surface area contributed by atoms with E-state index in [4.69, 9.17) is 0 Å². The Hall–Kier alpha value is -1.67. The smallest absolute Gasteiger partial charge is 0.0300 e. The maximum absolute atomic E-state index is 4.12. The fourth-order valence-corrected chi connectivity index (χ4v) is 2.04. The van der Waals surface area contributed by atoms with E-state index in [1.165, 1.54) is 16.7 Å². The van der Waals surface area contributed by atoms with Gasteiger partial charge in [-0.15, -0.1) is 0 Å². The van der Waals surface area contributed by atoms with Crippen molar-refractivity contribution in [1.82, 2.24) is 10.3 Å². The Kier molecular flexibility index (Phi) is 4.48. The molecule has 1 heterocycles. The molecule has 1 atom stereocenters. The Bertz CT molecular complexity index is 479. The molecule has 0 aliphatic carbocycles. The average Bonchev–Trinajstić information content (AvgIpc) is 2.40. The molecule has 1 unspecified atom stereocenters. The number of aryl methyl sites for hydroxylation is 1. The molecule has 0 fully saturated rings. The zero-order valence-corrected chi connectivity index (χ0v) is 11.1. The van der Waals surface area contributed by atoms with Crippen LogP contribution in [-0.4, -0.2) is 11.5 Å². The highest BCUT2D eigenvalue weighted by atomic mass is 14.9. The van der Waals surface area contributed by atoms with Crippen molar-refractivity contribution in [2.24, 2.45) is 0 Å². The highest BCUT2D eigenvalue weighted by molar-refractivity contribution is 5.24. The molecule has 0 bridgehead atoms. The maximum Gasteiger partial charge on any atom is 0.0300 e. The predicted molar refractivity (Wildman–Crippen MR) is 75.5 cm³/mol. The van der Waals surface area contributed by atoms with Gasteiger partial charge in [-0.05, 0) is 44.0 Å². The van der Waals surface area contributed by atoms with Crippen LogP contribution in [-0.2, 0) is 6.42 Å². The summed E-state index contributed by atoms with van der Waals surface area (Å²) in [5, 5.41) is 3.55. The fourth-order valence-electron chi connectivity index (χ4n) is 2.04. The Morgan fingerprint density at radius 1 is 1.22 bits per heavy atom. The number of benzene rings is 1. The summed E-state index contributed by atoms with van der Waals surface area (Å²) in [5.74, 6) is 0. The van der Waals surface area contributed by atoms with Gasteiger partial charge < -0.3 is 5.32 Å². The molecule has 0 amide bonds. The SMILES string of the molecule is Cc1cccc(C(C)NCCc2cccnc2)c1. The van der Waals surface area contributed by atoms with Gasteiger partial charge in [0.05, 0.1) is 0 Å². The van der Waals surface area contributed by atoms with E-state index < -0.39 is 0 Å². The summed E-state index contributed by atoms with van der Waals surface area (Å²) in [7, 11) is 0. The van der Waals surface area contributed by atoms with E-state index in [-0.39, 0.29) is 0 Å². The third-order valence-electron chi connectivity index (χ3n) is 3.13. The quantitative estimate of drug-likeness (QED) is 0.867. The van der Waals surface area contributed by atoms with Crippen LogP contribution in [0.5, 0.6) is 0 Å². The number of pyridine rings is 1. The van der Waals surface area contributed by atoms with E-state index in [1.54, 1.807) is 0 Å². The standard InChI is InChI=1S/C16H20N2/c1-13-5-3-7-16(11-13)14(2)18-10-8-15-6-4-9-17-12-15/h3-7,9,11-12,14,18H,8,10H2,1-2H3. The Labute approximate surface area is 109 Å². The first-order valence-corrected chi connectivity index (χ1v) is 6.44. The Balaban J connectivity index is 1.83. The zero-order valence-electron chi connectivity index (χ0n) is 11.1. The van der Waals surface area contributed by atoms with Crippen molar-refractivity contribution >= 4 is 0 Å². The summed E-state index contributed by atoms with van der Waals surface area (Å²) in [6.07, 6.45) is 4.76. The van der Waals surface area contributed by atoms with Crippen molar-refractivity contribution in [3.8, 4) is 0 Å². The monoisotopic (exact) mass is 240 g/mol. The van der Waals surface area contributed by atoms with Gasteiger partial charge in [0.1, 0.15) is 0 Å². The molecule has 1 aromatic carbocycles. The summed E-state index contributed by atoms with van der Waals surface area (Å²) in [4.78, 5) is 4.12. The van der Waals surface area contributed by atoms with Crippen LogP contribution in [0.3, 0.4) is 0 Å². The second kappa shape index (κ2) is 6.31. The van der Waals surface area contributed by atoms with Crippen LogP contribution in [0.15, 0.2) is 48.8 Å². The lowest BCUT2D eigenvalue weighted by Gasteiger charge is -2.14. The van der Waals surface area contributed by atoms with Gasteiger partial charge >= 0.3 is 0 Å². The molecule has 2 heteroatoms. The van der Waals surface area contributed by atoms with Gasteiger partial charge in [-0.25, -0.2) is 0 Å². The molecular weight excluding hydrogens is 220 g/mol. The second-order valence-electron chi connectivity index (χ2n) is 4.70. The third kappa shape index (κ3) is 3.67. The van der Waals surface area contributed by atoms with E-state index >= 15 is 0 Å². The van der Waals surface area contributed by atoms with Gasteiger partial charge in [-0.2, -0.15) is 0 Å². The molecule has 0 aliphatic rings. The lowest BCUT2D eigenvalue weighted by Crippen LogP contribution is -2.21. The molecule has 1 N–H and O–H groups in total. The molecule has 18 heavy (non-hydrogen) atoms. The lowest BCUT2D eigenvalue weighted by molar-refractivity contribution is 0.576. The lowest BCUT2D eigenvalue weighted by atomic mass is 10.1. The van der Waals surface area contributed by atoms with Crippen molar-refractivity contribution in [1.29, 1.82) is 0 Å². The van der Waals surface area contributed by atoms with Crippen LogP contribution in [0, 0.1) is 6.92 Å². The number of hydrogen-bond acceptors (Lipinski definition) is 2. The van der Waals surface area contributed by atoms with E-state index in [0.717, 1.165) is 13.0 Å². The van der Waals surface area contributed by atoms with Crippen molar-refractivity contribution in [2.75, 3.05) is 6.54 Å². The summed E-state index contributed by atoms with van der Waals surface area (Å²) in [5.41, 5.74) is 3.94. The van der Waals surface area contributed by atoms with Crippen LogP contribution in [0.4, 0.5) is 0 Å². The van der Waals surface area contributed by atoms with E-state index in [0.29, 0.717) is 6.04 Å². The minimum absolute atomic E-state index is 0.390. The molecule has 2 nitrogen and oxygen atoms in total. The first-order valence-electron chi connectivity index (χ1n) is 6.44. The fraction of sp³-hybridized carbons (Fsp3) is 0.312. The minimum atomic E-state index is 0.390. The van der Waals surface area contributed by atoms with Crippen LogP contribution >= 0.6 is 0 Å². The number of aromatic nitrogens is 1. The summed E-state index contributed by atoms with van der Waals surface area (Å²) in [6, 6.07) is 13.2. The van der Waals surface area contributed by atoms with Crippen LogP contribution in [0.25, 0.3) is 0 Å². The minimum Gasteiger partial charge on any atom is -0.310 e. The molecule has 0 spiro atoms. The topological polar surface area (TPSA) is 24.9 Å². The first kappa shape index (κ1) is 12.8. The van der Waals surface area contributed by atoms with E-state index in [9.17, 15) is 0 Å². The second-order valence-corrected chi connectivity index (χ2v) is 4.70. The molecule has 0 saturated heterocycles. The first-order chi connectivity index (χ1) is 8.75. The summed E-state index contributed by atoms with van der Waals surface area (Å²) >= 11 is 0. The van der Waals surface area contributed by atoms with Crippen LogP contribution in [0.1, 0.15) is 29.7 Å². The Morgan fingerprint density at radius 2 is 2.11 bits per heavy atom. The molecular formula is C16H20N2. The molecule has 0 saturated carbocycles. The van der Waals surface area contributed by atoms with Gasteiger partial charge in [-0.3, -0.25) is 4.98 Å². The zero-order chi connectivity index (χ0) is 12.8. The maximum atomic E-state index is 4.12. The Morgan fingerprint density at radius 3 is 2.83 bits per heavy atom. The van der Waals surface area contributed by atoms with Crippen LogP contribution < -0.4 is 5.32 Å². The van der Waals surface area contributed by atoms with E-state index in [2.05, 4.69) is 54.5 Å². The van der Waals surface area contributed by atoms with Gasteiger partial charge in [0.25, 0.3) is 0 Å². The third-order valence-corrected chi connectivity index (χ3v) is 3.13. The van der Waals surface area contributed by atoms with Crippen LogP contribution in [0.2, 0.25) is 0 Å². The number of hydrogen-bond donors (Lipinski definition) is 1. The van der Waals surface area contributed by atoms with Crippen molar-refractivity contribution in [2.45, 2.75) is 26.3 Å². The average molecular weight is 240 g/mol. The van der Waals surface area contributed by atoms with Gasteiger partial charge in [0.2, 0.25) is 0 Å². The van der Waals surface area contributed by atoms with Gasteiger partial charge in [0, 0.05) is 18.4 Å². The molecule has 0 radical (unpaired) electrons. The molecule has 94 valence electrons. The predicted octanol–water partition coefficient (Wildman–Crippen LogP) is 3.28. The van der Waals surface area contributed by atoms with Gasteiger partial charge in [0.15, 0.2) is 0 Å². The van der Waals surface area contributed by atoms with E-state index in [1.807, 2.05) is 18.5 Å². The molecule has 2 aromatic rings. The summed E-state index contributed by atoms with van der Waals surface area (Å²) in [6.45, 7) is 5.31. The number of nitrogens with one attached hydrogen (secondary N) is 1. The van der Waals surface area contributed by atoms with Crippen molar-refractivity contribution in [3.63, 3.8) is 0 Å². The van der Waals surface area contributed by atoms with Crippen molar-refractivity contribution in [3.05, 3.63) is 65.5 Å². The van der Waals surface area contributed by atoms with Crippen molar-refractivity contribution < 1.29 is 0 Å². The molecule has 2 rings (SSSR count).